The highest BCUT2D eigenvalue weighted by atomic mass is 35.5. The molecule has 1 aliphatic rings. The van der Waals surface area contributed by atoms with Gasteiger partial charge in [-0.25, -0.2) is 0 Å². The van der Waals surface area contributed by atoms with Crippen LogP contribution in [0.1, 0.15) is 23.7 Å². The molecule has 1 unspecified atom stereocenters. The first-order valence-electron chi connectivity index (χ1n) is 7.53. The van der Waals surface area contributed by atoms with Crippen molar-refractivity contribution in [2.24, 2.45) is 5.92 Å². The van der Waals surface area contributed by atoms with Crippen LogP contribution in [0, 0.1) is 5.92 Å². The molecule has 1 aromatic rings. The summed E-state index contributed by atoms with van der Waals surface area (Å²) in [4.78, 5) is 25.9. The number of anilines is 1. The lowest BCUT2D eigenvalue weighted by atomic mass is 10.1. The van der Waals surface area contributed by atoms with E-state index in [0.717, 1.165) is 13.0 Å². The number of rotatable bonds is 5. The number of carbonyl (C=O) groups excluding carboxylic acids is 2. The highest BCUT2D eigenvalue weighted by Crippen LogP contribution is 2.27. The molecule has 1 saturated heterocycles. The van der Waals surface area contributed by atoms with Crippen molar-refractivity contribution < 1.29 is 14.3 Å². The minimum absolute atomic E-state index is 0. The molecule has 1 heterocycles. The largest absolute Gasteiger partial charge is 0.492 e. The lowest BCUT2D eigenvalue weighted by molar-refractivity contribution is -0.119. The van der Waals surface area contributed by atoms with Crippen molar-refractivity contribution in [3.63, 3.8) is 0 Å². The number of carbonyl (C=O) groups is 2. The number of hydrogen-bond acceptors (Lipinski definition) is 4. The van der Waals surface area contributed by atoms with E-state index in [9.17, 15) is 9.59 Å². The van der Waals surface area contributed by atoms with E-state index in [-0.39, 0.29) is 30.1 Å². The monoisotopic (exact) mass is 341 g/mol. The average Bonchev–Trinajstić information content (AvgIpc) is 3.02. The van der Waals surface area contributed by atoms with Crippen LogP contribution < -0.4 is 15.4 Å². The molecule has 0 aliphatic carbocycles. The number of hydrogen-bond donors (Lipinski definition) is 2. The molecule has 2 rings (SSSR count). The maximum absolute atomic E-state index is 12.3. The Kier molecular flexibility index (Phi) is 7.32. The summed E-state index contributed by atoms with van der Waals surface area (Å²) in [5, 5.41) is 6.07. The Morgan fingerprint density at radius 3 is 2.70 bits per heavy atom. The number of halogens is 1. The molecule has 2 amide bonds. The van der Waals surface area contributed by atoms with Gasteiger partial charge in [-0.2, -0.15) is 0 Å². The zero-order valence-electron chi connectivity index (χ0n) is 13.7. The second kappa shape index (κ2) is 8.74. The van der Waals surface area contributed by atoms with Crippen LogP contribution in [-0.4, -0.2) is 50.5 Å². The van der Waals surface area contributed by atoms with Crippen LogP contribution in [0.15, 0.2) is 18.2 Å². The minimum atomic E-state index is -0.110. The smallest absolute Gasteiger partial charge is 0.253 e. The summed E-state index contributed by atoms with van der Waals surface area (Å²) in [6.07, 6.45) is 0.826. The van der Waals surface area contributed by atoms with E-state index in [1.54, 1.807) is 32.3 Å². The van der Waals surface area contributed by atoms with Gasteiger partial charge in [-0.1, -0.05) is 0 Å². The van der Waals surface area contributed by atoms with Crippen molar-refractivity contribution in [3.05, 3.63) is 23.8 Å². The quantitative estimate of drug-likeness (QED) is 0.856. The first kappa shape index (κ1) is 19.3. The number of benzene rings is 1. The molecule has 0 spiro atoms. The zero-order chi connectivity index (χ0) is 16.1. The van der Waals surface area contributed by atoms with E-state index in [1.165, 1.54) is 4.90 Å². The molecule has 0 saturated carbocycles. The molecule has 128 valence electrons. The molecule has 0 aromatic heterocycles. The Balaban J connectivity index is 0.00000264. The van der Waals surface area contributed by atoms with Gasteiger partial charge in [0, 0.05) is 26.2 Å². The summed E-state index contributed by atoms with van der Waals surface area (Å²) < 4.78 is 5.54. The highest BCUT2D eigenvalue weighted by molar-refractivity contribution is 5.98. The number of nitrogens with zero attached hydrogens (tertiary/aromatic N) is 1. The van der Waals surface area contributed by atoms with Crippen LogP contribution in [0.25, 0.3) is 0 Å². The summed E-state index contributed by atoms with van der Waals surface area (Å²) >= 11 is 0. The number of amides is 2. The Morgan fingerprint density at radius 2 is 2.13 bits per heavy atom. The maximum atomic E-state index is 12.3. The van der Waals surface area contributed by atoms with E-state index in [4.69, 9.17) is 4.74 Å². The predicted molar refractivity (Wildman–Crippen MR) is 92.5 cm³/mol. The third kappa shape index (κ3) is 4.84. The third-order valence-corrected chi connectivity index (χ3v) is 3.62. The van der Waals surface area contributed by atoms with E-state index >= 15 is 0 Å². The van der Waals surface area contributed by atoms with Gasteiger partial charge in [0.15, 0.2) is 0 Å². The Hall–Kier alpha value is -1.79. The predicted octanol–water partition coefficient (Wildman–Crippen LogP) is 1.76. The van der Waals surface area contributed by atoms with Crippen LogP contribution in [-0.2, 0) is 4.79 Å². The molecule has 0 radical (unpaired) electrons. The topological polar surface area (TPSA) is 70.7 Å². The average molecular weight is 342 g/mol. The summed E-state index contributed by atoms with van der Waals surface area (Å²) in [7, 11) is 3.39. The van der Waals surface area contributed by atoms with E-state index in [2.05, 4.69) is 10.6 Å². The van der Waals surface area contributed by atoms with Gasteiger partial charge in [0.05, 0.1) is 18.2 Å². The molecule has 0 bridgehead atoms. The molecule has 1 atom stereocenters. The van der Waals surface area contributed by atoms with Crippen molar-refractivity contribution >= 4 is 29.9 Å². The summed E-state index contributed by atoms with van der Waals surface area (Å²) in [5.41, 5.74) is 1.07. The summed E-state index contributed by atoms with van der Waals surface area (Å²) in [5.74, 6) is 0.390. The fraction of sp³-hybridized carbons (Fsp3) is 0.500. The van der Waals surface area contributed by atoms with Crippen LogP contribution in [0.4, 0.5) is 5.69 Å². The fourth-order valence-electron chi connectivity index (χ4n) is 2.41. The summed E-state index contributed by atoms with van der Waals surface area (Å²) in [6, 6.07) is 5.11. The van der Waals surface area contributed by atoms with Gasteiger partial charge in [0.1, 0.15) is 5.75 Å². The first-order chi connectivity index (χ1) is 10.5. The van der Waals surface area contributed by atoms with Crippen LogP contribution in [0.3, 0.4) is 0 Å². The Morgan fingerprint density at radius 1 is 1.39 bits per heavy atom. The Labute approximate surface area is 143 Å². The standard InChI is InChI=1S/C16H23N3O3.ClH/c1-4-22-14-6-5-11(16(21)19(2)3)9-13(14)18-15(20)12-7-8-17-10-12;/h5-6,9,12,17H,4,7-8,10H2,1-3H3,(H,18,20);1H. The highest BCUT2D eigenvalue weighted by Gasteiger charge is 2.23. The molecule has 1 aliphatic heterocycles. The van der Waals surface area contributed by atoms with Crippen LogP contribution in [0.5, 0.6) is 5.75 Å². The molecular weight excluding hydrogens is 318 g/mol. The Bertz CT molecular complexity index is 558. The number of ether oxygens (including phenoxy) is 1. The third-order valence-electron chi connectivity index (χ3n) is 3.62. The van der Waals surface area contributed by atoms with Crippen molar-refractivity contribution in [2.45, 2.75) is 13.3 Å². The van der Waals surface area contributed by atoms with Gasteiger partial charge >= 0.3 is 0 Å². The normalized spacial score (nSPS) is 16.4. The lowest BCUT2D eigenvalue weighted by Gasteiger charge is -2.16. The van der Waals surface area contributed by atoms with Crippen molar-refractivity contribution in [2.75, 3.05) is 39.1 Å². The van der Waals surface area contributed by atoms with Gasteiger partial charge in [-0.05, 0) is 38.1 Å². The zero-order valence-corrected chi connectivity index (χ0v) is 14.5. The second-order valence-electron chi connectivity index (χ2n) is 5.52. The van der Waals surface area contributed by atoms with Crippen molar-refractivity contribution in [3.8, 4) is 5.75 Å². The van der Waals surface area contributed by atoms with Gasteiger partial charge < -0.3 is 20.3 Å². The van der Waals surface area contributed by atoms with E-state index in [0.29, 0.717) is 30.2 Å². The molecule has 1 fully saturated rings. The van der Waals surface area contributed by atoms with E-state index in [1.807, 2.05) is 6.92 Å². The molecule has 7 heteroatoms. The van der Waals surface area contributed by atoms with Crippen molar-refractivity contribution in [1.82, 2.24) is 10.2 Å². The molecular formula is C16H24ClN3O3. The van der Waals surface area contributed by atoms with Gasteiger partial charge in [-0.3, -0.25) is 9.59 Å². The lowest BCUT2D eigenvalue weighted by Crippen LogP contribution is -2.25. The minimum Gasteiger partial charge on any atom is -0.492 e. The second-order valence-corrected chi connectivity index (χ2v) is 5.52. The molecule has 2 N–H and O–H groups in total. The van der Waals surface area contributed by atoms with Gasteiger partial charge in [0.2, 0.25) is 5.91 Å². The molecule has 6 nitrogen and oxygen atoms in total. The van der Waals surface area contributed by atoms with Crippen LogP contribution in [0.2, 0.25) is 0 Å². The van der Waals surface area contributed by atoms with Crippen LogP contribution >= 0.6 is 12.4 Å². The van der Waals surface area contributed by atoms with Gasteiger partial charge in [-0.15, -0.1) is 12.4 Å². The molecule has 1 aromatic carbocycles. The SMILES string of the molecule is CCOc1ccc(C(=O)N(C)C)cc1NC(=O)C1CCNC1.Cl. The van der Waals surface area contributed by atoms with Gasteiger partial charge in [0.25, 0.3) is 5.91 Å². The molecule has 23 heavy (non-hydrogen) atoms. The van der Waals surface area contributed by atoms with Crippen molar-refractivity contribution in [1.29, 1.82) is 0 Å². The maximum Gasteiger partial charge on any atom is 0.253 e. The summed E-state index contributed by atoms with van der Waals surface area (Å²) in [6.45, 7) is 3.92. The first-order valence-corrected chi connectivity index (χ1v) is 7.53. The fourth-order valence-corrected chi connectivity index (χ4v) is 2.41. The van der Waals surface area contributed by atoms with E-state index < -0.39 is 0 Å². The number of nitrogens with one attached hydrogen (secondary N) is 2.